The molecule has 5 heteroatoms. The molecule has 2 saturated heterocycles. The van der Waals surface area contributed by atoms with E-state index in [-0.39, 0.29) is 11.5 Å². The fourth-order valence-electron chi connectivity index (χ4n) is 2.46. The monoisotopic (exact) mass is 244 g/mol. The molecule has 1 N–H and O–H groups in total. The number of likely N-dealkylation sites (tertiary alicyclic amines) is 1. The van der Waals surface area contributed by atoms with Crippen molar-refractivity contribution in [1.82, 2.24) is 10.2 Å². The quantitative estimate of drug-likeness (QED) is 0.703. The number of carbonyl (C=O) groups excluding carboxylic acids is 1. The van der Waals surface area contributed by atoms with E-state index in [0.717, 1.165) is 6.54 Å². The molecular formula is C12H21FN2O2. The molecule has 17 heavy (non-hydrogen) atoms. The van der Waals surface area contributed by atoms with Crippen LogP contribution in [0.4, 0.5) is 9.18 Å². The van der Waals surface area contributed by atoms with Crippen molar-refractivity contribution < 1.29 is 13.9 Å². The molecule has 0 aromatic heterocycles. The second-order valence-corrected chi connectivity index (χ2v) is 6.13. The summed E-state index contributed by atoms with van der Waals surface area (Å²) in [7, 11) is 0. The third kappa shape index (κ3) is 2.54. The number of amides is 1. The van der Waals surface area contributed by atoms with Crippen LogP contribution in [0.1, 0.15) is 27.2 Å². The highest BCUT2D eigenvalue weighted by atomic mass is 19.1. The summed E-state index contributed by atoms with van der Waals surface area (Å²) in [4.78, 5) is 13.3. The van der Waals surface area contributed by atoms with Gasteiger partial charge in [-0.1, -0.05) is 0 Å². The summed E-state index contributed by atoms with van der Waals surface area (Å²) >= 11 is 0. The normalized spacial score (nSPS) is 27.8. The van der Waals surface area contributed by atoms with Gasteiger partial charge >= 0.3 is 6.09 Å². The highest BCUT2D eigenvalue weighted by Crippen LogP contribution is 2.39. The van der Waals surface area contributed by atoms with Crippen molar-refractivity contribution in [2.45, 2.75) is 39.0 Å². The Kier molecular flexibility index (Phi) is 3.06. The van der Waals surface area contributed by atoms with Gasteiger partial charge in [-0.2, -0.15) is 0 Å². The first kappa shape index (κ1) is 12.6. The molecule has 2 rings (SSSR count). The van der Waals surface area contributed by atoms with E-state index in [9.17, 15) is 9.18 Å². The number of nitrogens with zero attached hydrogens (tertiary/aromatic N) is 1. The molecule has 0 aliphatic carbocycles. The Morgan fingerprint density at radius 2 is 2.12 bits per heavy atom. The Balaban J connectivity index is 1.87. The molecule has 1 amide bonds. The van der Waals surface area contributed by atoms with E-state index in [1.807, 2.05) is 20.8 Å². The Bertz CT molecular complexity index is 308. The minimum Gasteiger partial charge on any atom is -0.444 e. The molecule has 98 valence electrons. The predicted octanol–water partition coefficient (Wildman–Crippen LogP) is 1.55. The number of halogens is 1. The van der Waals surface area contributed by atoms with Gasteiger partial charge in [-0.15, -0.1) is 0 Å². The molecule has 2 aliphatic rings. The zero-order valence-electron chi connectivity index (χ0n) is 10.8. The molecule has 1 atom stereocenters. The summed E-state index contributed by atoms with van der Waals surface area (Å²) in [5.41, 5.74) is -0.852. The van der Waals surface area contributed by atoms with Crippen LogP contribution in [0.15, 0.2) is 0 Å². The average Bonchev–Trinajstić information content (AvgIpc) is 2.12. The zero-order chi connectivity index (χ0) is 12.7. The summed E-state index contributed by atoms with van der Waals surface area (Å²) in [6.07, 6.45) is -0.592. The van der Waals surface area contributed by atoms with E-state index < -0.39 is 11.8 Å². The maximum atomic E-state index is 13.8. The van der Waals surface area contributed by atoms with Gasteiger partial charge in [0.25, 0.3) is 0 Å². The van der Waals surface area contributed by atoms with E-state index in [2.05, 4.69) is 5.32 Å². The van der Waals surface area contributed by atoms with Crippen LogP contribution in [-0.2, 0) is 4.74 Å². The average molecular weight is 244 g/mol. The van der Waals surface area contributed by atoms with Crippen LogP contribution >= 0.6 is 0 Å². The fourth-order valence-corrected chi connectivity index (χ4v) is 2.46. The van der Waals surface area contributed by atoms with E-state index in [0.29, 0.717) is 26.1 Å². The standard InChI is InChI=1S/C12H21FN2O2/c1-11(2,3)17-10(16)15-7-12(8-15)6-14-5-4-9(12)13/h9,14H,4-8H2,1-3H3. The number of carbonyl (C=O) groups is 1. The summed E-state index contributed by atoms with van der Waals surface area (Å²) in [6.45, 7) is 7.83. The summed E-state index contributed by atoms with van der Waals surface area (Å²) in [5.74, 6) is 0. The smallest absolute Gasteiger partial charge is 0.410 e. The first-order chi connectivity index (χ1) is 7.82. The number of piperidine rings is 1. The third-order valence-electron chi connectivity index (χ3n) is 3.38. The van der Waals surface area contributed by atoms with Crippen molar-refractivity contribution in [1.29, 1.82) is 0 Å². The lowest BCUT2D eigenvalue weighted by Crippen LogP contribution is -2.68. The minimum atomic E-state index is -0.803. The first-order valence-corrected chi connectivity index (χ1v) is 6.15. The molecule has 0 aromatic rings. The third-order valence-corrected chi connectivity index (χ3v) is 3.38. The maximum absolute atomic E-state index is 13.8. The van der Waals surface area contributed by atoms with Crippen LogP contribution in [-0.4, -0.2) is 48.9 Å². The topological polar surface area (TPSA) is 41.6 Å². The molecular weight excluding hydrogens is 223 g/mol. The number of hydrogen-bond acceptors (Lipinski definition) is 3. The van der Waals surface area contributed by atoms with Crippen LogP contribution < -0.4 is 5.32 Å². The molecule has 4 nitrogen and oxygen atoms in total. The lowest BCUT2D eigenvalue weighted by molar-refractivity contribution is -0.0778. The van der Waals surface area contributed by atoms with Crippen molar-refractivity contribution >= 4 is 6.09 Å². The van der Waals surface area contributed by atoms with Gasteiger partial charge in [-0.25, -0.2) is 9.18 Å². The van der Waals surface area contributed by atoms with Gasteiger partial charge in [0.15, 0.2) is 0 Å². The highest BCUT2D eigenvalue weighted by Gasteiger charge is 2.52. The predicted molar refractivity (Wildman–Crippen MR) is 62.6 cm³/mol. The number of hydrogen-bond donors (Lipinski definition) is 1. The lowest BCUT2D eigenvalue weighted by Gasteiger charge is -2.53. The second-order valence-electron chi connectivity index (χ2n) is 6.13. The number of nitrogens with one attached hydrogen (secondary N) is 1. The SMILES string of the molecule is CC(C)(C)OC(=O)N1CC2(CNCCC2F)C1. The van der Waals surface area contributed by atoms with Crippen molar-refractivity contribution in [2.75, 3.05) is 26.2 Å². The van der Waals surface area contributed by atoms with Crippen LogP contribution in [0.3, 0.4) is 0 Å². The molecule has 0 saturated carbocycles. The van der Waals surface area contributed by atoms with Gasteiger partial charge in [0.2, 0.25) is 0 Å². The largest absolute Gasteiger partial charge is 0.444 e. The summed E-state index contributed by atoms with van der Waals surface area (Å²) < 4.78 is 19.1. The van der Waals surface area contributed by atoms with Gasteiger partial charge in [0.1, 0.15) is 11.8 Å². The van der Waals surface area contributed by atoms with E-state index in [4.69, 9.17) is 4.74 Å². The molecule has 1 unspecified atom stereocenters. The Morgan fingerprint density at radius 3 is 2.65 bits per heavy atom. The number of rotatable bonds is 0. The summed E-state index contributed by atoms with van der Waals surface area (Å²) in [6, 6.07) is 0. The van der Waals surface area contributed by atoms with Crippen molar-refractivity contribution in [3.63, 3.8) is 0 Å². The van der Waals surface area contributed by atoms with Gasteiger partial charge < -0.3 is 15.0 Å². The lowest BCUT2D eigenvalue weighted by atomic mass is 9.73. The van der Waals surface area contributed by atoms with Crippen molar-refractivity contribution in [3.8, 4) is 0 Å². The molecule has 2 aliphatic heterocycles. The van der Waals surface area contributed by atoms with Crippen LogP contribution in [0.2, 0.25) is 0 Å². The molecule has 2 fully saturated rings. The van der Waals surface area contributed by atoms with Gasteiger partial charge in [0, 0.05) is 25.0 Å². The number of alkyl halides is 1. The van der Waals surface area contributed by atoms with Crippen LogP contribution in [0, 0.1) is 5.41 Å². The highest BCUT2D eigenvalue weighted by molar-refractivity contribution is 5.69. The molecule has 0 aromatic carbocycles. The van der Waals surface area contributed by atoms with Crippen LogP contribution in [0.25, 0.3) is 0 Å². The first-order valence-electron chi connectivity index (χ1n) is 6.15. The van der Waals surface area contributed by atoms with Crippen molar-refractivity contribution in [2.24, 2.45) is 5.41 Å². The van der Waals surface area contributed by atoms with E-state index >= 15 is 0 Å². The van der Waals surface area contributed by atoms with Crippen LogP contribution in [0.5, 0.6) is 0 Å². The number of ether oxygens (including phenoxy) is 1. The Hall–Kier alpha value is -0.840. The maximum Gasteiger partial charge on any atom is 0.410 e. The second kappa shape index (κ2) is 4.12. The van der Waals surface area contributed by atoms with E-state index in [1.54, 1.807) is 4.90 Å². The van der Waals surface area contributed by atoms with E-state index in [1.165, 1.54) is 0 Å². The molecule has 0 radical (unpaired) electrons. The van der Waals surface area contributed by atoms with Crippen molar-refractivity contribution in [3.05, 3.63) is 0 Å². The minimum absolute atomic E-state index is 0.333. The molecule has 1 spiro atoms. The Labute approximate surface area is 101 Å². The van der Waals surface area contributed by atoms with Gasteiger partial charge in [-0.3, -0.25) is 0 Å². The summed E-state index contributed by atoms with van der Waals surface area (Å²) in [5, 5.41) is 3.20. The van der Waals surface area contributed by atoms with Gasteiger partial charge in [0.05, 0.1) is 0 Å². The molecule has 0 bridgehead atoms. The Morgan fingerprint density at radius 1 is 1.47 bits per heavy atom. The zero-order valence-corrected chi connectivity index (χ0v) is 10.8. The molecule has 2 heterocycles. The fraction of sp³-hybridized carbons (Fsp3) is 0.917. The van der Waals surface area contributed by atoms with Gasteiger partial charge in [-0.05, 0) is 33.7 Å².